The van der Waals surface area contributed by atoms with Crippen molar-refractivity contribution in [1.29, 1.82) is 5.26 Å². The number of rotatable bonds is 6. The predicted octanol–water partition coefficient (Wildman–Crippen LogP) is 3.41. The van der Waals surface area contributed by atoms with Crippen LogP contribution in [0.15, 0.2) is 24.3 Å². The average Bonchev–Trinajstić information content (AvgIpc) is 2.31. The van der Waals surface area contributed by atoms with E-state index in [9.17, 15) is 0 Å². The molecule has 0 heterocycles. The van der Waals surface area contributed by atoms with Gasteiger partial charge in [-0.25, -0.2) is 0 Å². The van der Waals surface area contributed by atoms with Crippen molar-refractivity contribution < 1.29 is 0 Å². The molecule has 0 radical (unpaired) electrons. The summed E-state index contributed by atoms with van der Waals surface area (Å²) in [5, 5.41) is 13.0. The molecule has 0 fully saturated rings. The lowest BCUT2D eigenvalue weighted by atomic mass is 9.91. The fourth-order valence-corrected chi connectivity index (χ4v) is 1.59. The molecule has 2 nitrogen and oxygen atoms in total. The van der Waals surface area contributed by atoms with E-state index in [4.69, 9.17) is 16.9 Å². The maximum atomic E-state index is 8.86. The Labute approximate surface area is 109 Å². The van der Waals surface area contributed by atoms with Crippen LogP contribution in [0.25, 0.3) is 0 Å². The lowest BCUT2D eigenvalue weighted by Crippen LogP contribution is -2.23. The Balaban J connectivity index is 2.17. The first-order chi connectivity index (χ1) is 8.03. The second-order valence-corrected chi connectivity index (χ2v) is 5.31. The Bertz CT molecular complexity index is 376. The van der Waals surface area contributed by atoms with Crippen LogP contribution >= 0.6 is 11.6 Å². The third-order valence-corrected chi connectivity index (χ3v) is 2.99. The van der Waals surface area contributed by atoms with E-state index in [2.05, 4.69) is 11.4 Å². The van der Waals surface area contributed by atoms with Crippen molar-refractivity contribution in [3.63, 3.8) is 0 Å². The molecule has 0 saturated carbocycles. The van der Waals surface area contributed by atoms with Gasteiger partial charge in [-0.1, -0.05) is 23.7 Å². The molecule has 17 heavy (non-hydrogen) atoms. The van der Waals surface area contributed by atoms with Gasteiger partial charge < -0.3 is 5.32 Å². The van der Waals surface area contributed by atoms with Crippen LogP contribution in [0.3, 0.4) is 0 Å². The van der Waals surface area contributed by atoms with Gasteiger partial charge in [0, 0.05) is 5.02 Å². The largest absolute Gasteiger partial charge is 0.316 e. The van der Waals surface area contributed by atoms with Crippen molar-refractivity contribution in [2.75, 3.05) is 13.1 Å². The summed E-state index contributed by atoms with van der Waals surface area (Å²) in [5.74, 6) is 0. The van der Waals surface area contributed by atoms with Gasteiger partial charge in [-0.2, -0.15) is 5.26 Å². The molecule has 0 aliphatic heterocycles. The maximum Gasteiger partial charge on any atom is 0.0684 e. The van der Waals surface area contributed by atoms with Crippen LogP contribution < -0.4 is 5.32 Å². The summed E-state index contributed by atoms with van der Waals surface area (Å²) < 4.78 is 0. The fraction of sp³-hybridized carbons (Fsp3) is 0.500. The number of nitrogens with zero attached hydrogens (tertiary/aromatic N) is 1. The van der Waals surface area contributed by atoms with E-state index in [1.807, 2.05) is 38.1 Å². The molecule has 0 atom stereocenters. The Kier molecular flexibility index (Phi) is 5.47. The summed E-state index contributed by atoms with van der Waals surface area (Å²) >= 11 is 5.82. The van der Waals surface area contributed by atoms with Crippen LogP contribution in [0.4, 0.5) is 0 Å². The third kappa shape index (κ3) is 5.72. The van der Waals surface area contributed by atoms with Gasteiger partial charge >= 0.3 is 0 Å². The second kappa shape index (κ2) is 6.64. The molecule has 0 bridgehead atoms. The van der Waals surface area contributed by atoms with Crippen molar-refractivity contribution in [3.8, 4) is 6.07 Å². The predicted molar refractivity (Wildman–Crippen MR) is 72.0 cm³/mol. The Morgan fingerprint density at radius 1 is 1.24 bits per heavy atom. The lowest BCUT2D eigenvalue weighted by Gasteiger charge is -2.14. The molecule has 92 valence electrons. The van der Waals surface area contributed by atoms with Gasteiger partial charge in [-0.15, -0.1) is 0 Å². The van der Waals surface area contributed by atoms with Crippen LogP contribution in [0, 0.1) is 16.7 Å². The molecule has 1 N–H and O–H groups in total. The van der Waals surface area contributed by atoms with E-state index < -0.39 is 0 Å². The number of hydrogen-bond donors (Lipinski definition) is 1. The molecule has 0 saturated heterocycles. The number of halogens is 1. The minimum atomic E-state index is -0.229. The molecule has 0 aliphatic carbocycles. The minimum Gasteiger partial charge on any atom is -0.316 e. The highest BCUT2D eigenvalue weighted by atomic mass is 35.5. The van der Waals surface area contributed by atoms with Crippen molar-refractivity contribution in [2.24, 2.45) is 5.41 Å². The maximum absolute atomic E-state index is 8.86. The van der Waals surface area contributed by atoms with E-state index >= 15 is 0 Å². The minimum absolute atomic E-state index is 0.229. The highest BCUT2D eigenvalue weighted by molar-refractivity contribution is 6.30. The third-order valence-electron chi connectivity index (χ3n) is 2.73. The first-order valence-corrected chi connectivity index (χ1v) is 6.28. The quantitative estimate of drug-likeness (QED) is 0.786. The molecule has 0 aromatic heterocycles. The highest BCUT2D eigenvalue weighted by Gasteiger charge is 2.15. The summed E-state index contributed by atoms with van der Waals surface area (Å²) in [7, 11) is 0. The molecule has 1 aromatic rings. The van der Waals surface area contributed by atoms with E-state index in [0.717, 1.165) is 31.0 Å². The van der Waals surface area contributed by atoms with E-state index in [1.54, 1.807) is 0 Å². The van der Waals surface area contributed by atoms with Crippen molar-refractivity contribution in [3.05, 3.63) is 34.9 Å². The smallest absolute Gasteiger partial charge is 0.0684 e. The Morgan fingerprint density at radius 3 is 2.47 bits per heavy atom. The van der Waals surface area contributed by atoms with Crippen LogP contribution in [0.2, 0.25) is 5.02 Å². The number of nitrogens with one attached hydrogen (secondary N) is 1. The molecular weight excluding hydrogens is 232 g/mol. The van der Waals surface area contributed by atoms with Crippen LogP contribution in [0.1, 0.15) is 25.8 Å². The first kappa shape index (κ1) is 14.0. The number of benzene rings is 1. The summed E-state index contributed by atoms with van der Waals surface area (Å²) in [6.45, 7) is 5.75. The zero-order valence-electron chi connectivity index (χ0n) is 10.5. The Hall–Kier alpha value is -1.04. The number of hydrogen-bond acceptors (Lipinski definition) is 2. The molecular formula is C14H19ClN2. The topological polar surface area (TPSA) is 35.8 Å². The van der Waals surface area contributed by atoms with Crippen LogP contribution in [0.5, 0.6) is 0 Å². The average molecular weight is 251 g/mol. The Morgan fingerprint density at radius 2 is 1.88 bits per heavy atom. The van der Waals surface area contributed by atoms with Gasteiger partial charge in [0.05, 0.1) is 11.5 Å². The standard InChI is InChI=1S/C14H19ClN2/c1-14(2,11-16)8-10-17-9-7-12-3-5-13(15)6-4-12/h3-6,17H,7-10H2,1-2H3. The van der Waals surface area contributed by atoms with Crippen molar-refractivity contribution in [2.45, 2.75) is 26.7 Å². The molecule has 0 amide bonds. The molecule has 1 rings (SSSR count). The zero-order valence-corrected chi connectivity index (χ0v) is 11.2. The molecule has 0 unspecified atom stereocenters. The van der Waals surface area contributed by atoms with Crippen molar-refractivity contribution >= 4 is 11.6 Å². The van der Waals surface area contributed by atoms with Crippen molar-refractivity contribution in [1.82, 2.24) is 5.32 Å². The molecule has 3 heteroatoms. The normalized spacial score (nSPS) is 11.2. The monoisotopic (exact) mass is 250 g/mol. The molecule has 1 aromatic carbocycles. The second-order valence-electron chi connectivity index (χ2n) is 4.87. The van der Waals surface area contributed by atoms with E-state index in [1.165, 1.54) is 5.56 Å². The lowest BCUT2D eigenvalue weighted by molar-refractivity contribution is 0.434. The summed E-state index contributed by atoms with van der Waals surface area (Å²) in [4.78, 5) is 0. The van der Waals surface area contributed by atoms with Gasteiger partial charge in [0.25, 0.3) is 0 Å². The highest BCUT2D eigenvalue weighted by Crippen LogP contribution is 2.17. The first-order valence-electron chi connectivity index (χ1n) is 5.90. The van der Waals surface area contributed by atoms with E-state index in [0.29, 0.717) is 0 Å². The van der Waals surface area contributed by atoms with Gasteiger partial charge in [-0.3, -0.25) is 0 Å². The fourth-order valence-electron chi connectivity index (χ4n) is 1.47. The van der Waals surface area contributed by atoms with Gasteiger partial charge in [0.1, 0.15) is 0 Å². The van der Waals surface area contributed by atoms with Gasteiger partial charge in [0.15, 0.2) is 0 Å². The molecule has 0 aliphatic rings. The molecule has 0 spiro atoms. The zero-order chi connectivity index (χ0) is 12.7. The van der Waals surface area contributed by atoms with Gasteiger partial charge in [-0.05, 0) is 57.5 Å². The summed E-state index contributed by atoms with van der Waals surface area (Å²) in [6.07, 6.45) is 1.87. The van der Waals surface area contributed by atoms with Crippen LogP contribution in [-0.2, 0) is 6.42 Å². The summed E-state index contributed by atoms with van der Waals surface area (Å²) in [5.41, 5.74) is 1.05. The van der Waals surface area contributed by atoms with E-state index in [-0.39, 0.29) is 5.41 Å². The van der Waals surface area contributed by atoms with Crippen LogP contribution in [-0.4, -0.2) is 13.1 Å². The number of nitriles is 1. The summed E-state index contributed by atoms with van der Waals surface area (Å²) in [6, 6.07) is 10.2. The SMILES string of the molecule is CC(C)(C#N)CCNCCc1ccc(Cl)cc1. The van der Waals surface area contributed by atoms with Gasteiger partial charge in [0.2, 0.25) is 0 Å².